The molecule has 0 fully saturated rings. The summed E-state index contributed by atoms with van der Waals surface area (Å²) in [6.07, 6.45) is 0. The first kappa shape index (κ1) is 25.0. The van der Waals surface area contributed by atoms with Crippen molar-refractivity contribution in [3.05, 3.63) is 106 Å². The van der Waals surface area contributed by atoms with Gasteiger partial charge in [-0.15, -0.1) is 0 Å². The number of hydrogen-bond donors (Lipinski definition) is 2. The summed E-state index contributed by atoms with van der Waals surface area (Å²) in [7, 11) is 0. The smallest absolute Gasteiger partial charge is 0.259 e. The van der Waals surface area contributed by atoms with Gasteiger partial charge in [0.2, 0.25) is 0 Å². The highest BCUT2D eigenvalue weighted by atomic mass is 35.5. The zero-order chi connectivity index (χ0) is 25.7. The fraction of sp³-hybridized carbons (Fsp3) is 0.179. The summed E-state index contributed by atoms with van der Waals surface area (Å²) in [6.45, 7) is 6.63. The van der Waals surface area contributed by atoms with E-state index in [0.717, 1.165) is 17.0 Å². The van der Waals surface area contributed by atoms with Crippen LogP contribution in [0.5, 0.6) is 5.75 Å². The highest BCUT2D eigenvalue weighted by Crippen LogP contribution is 2.21. The van der Waals surface area contributed by atoms with Gasteiger partial charge in [0.15, 0.2) is 0 Å². The molecule has 3 aromatic carbocycles. The van der Waals surface area contributed by atoms with Gasteiger partial charge in [0.25, 0.3) is 11.8 Å². The maximum Gasteiger partial charge on any atom is 0.259 e. The van der Waals surface area contributed by atoms with Crippen molar-refractivity contribution >= 4 is 34.8 Å². The fourth-order valence-corrected chi connectivity index (χ4v) is 4.07. The minimum absolute atomic E-state index is 0.246. The number of benzene rings is 3. The van der Waals surface area contributed by atoms with E-state index >= 15 is 0 Å². The second-order valence-corrected chi connectivity index (χ2v) is 8.65. The third-order valence-corrected chi connectivity index (χ3v) is 6.08. The Kier molecular flexibility index (Phi) is 7.71. The lowest BCUT2D eigenvalue weighted by Crippen LogP contribution is -2.15. The van der Waals surface area contributed by atoms with Crippen LogP contribution in [0.3, 0.4) is 0 Å². The quantitative estimate of drug-likeness (QED) is 0.304. The SMILES string of the molecule is CCOc1ccc(NC(=O)c2ccc(NC(=O)c3c(C)nn(Cc4ccccc4Cl)c3C)cc2)cc1. The molecule has 2 amide bonds. The molecule has 8 heteroatoms. The number of aryl methyl sites for hydroxylation is 1. The van der Waals surface area contributed by atoms with E-state index in [-0.39, 0.29) is 11.8 Å². The van der Waals surface area contributed by atoms with E-state index in [9.17, 15) is 9.59 Å². The molecule has 0 aliphatic rings. The van der Waals surface area contributed by atoms with Gasteiger partial charge < -0.3 is 15.4 Å². The van der Waals surface area contributed by atoms with Gasteiger partial charge in [-0.1, -0.05) is 29.8 Å². The summed E-state index contributed by atoms with van der Waals surface area (Å²) in [5.41, 5.74) is 4.53. The molecule has 7 nitrogen and oxygen atoms in total. The van der Waals surface area contributed by atoms with Crippen LogP contribution in [0.4, 0.5) is 11.4 Å². The van der Waals surface area contributed by atoms with E-state index in [1.807, 2.05) is 38.1 Å². The molecule has 0 spiro atoms. The van der Waals surface area contributed by atoms with Crippen molar-refractivity contribution in [2.24, 2.45) is 0 Å². The Labute approximate surface area is 215 Å². The van der Waals surface area contributed by atoms with Crippen molar-refractivity contribution in [3.63, 3.8) is 0 Å². The second kappa shape index (κ2) is 11.1. The van der Waals surface area contributed by atoms with E-state index in [0.29, 0.717) is 46.4 Å². The minimum atomic E-state index is -0.262. The van der Waals surface area contributed by atoms with Crippen molar-refractivity contribution in [1.29, 1.82) is 0 Å². The first-order valence-electron chi connectivity index (χ1n) is 11.6. The molecule has 0 radical (unpaired) electrons. The lowest BCUT2D eigenvalue weighted by atomic mass is 10.1. The number of nitrogens with zero attached hydrogens (tertiary/aromatic N) is 2. The number of aromatic nitrogens is 2. The van der Waals surface area contributed by atoms with Crippen LogP contribution in [-0.4, -0.2) is 28.2 Å². The average molecular weight is 503 g/mol. The number of rotatable bonds is 8. The van der Waals surface area contributed by atoms with E-state index in [1.54, 1.807) is 60.1 Å². The molecule has 0 bridgehead atoms. The molecule has 0 unspecified atom stereocenters. The maximum atomic E-state index is 13.0. The Balaban J connectivity index is 1.41. The minimum Gasteiger partial charge on any atom is -0.494 e. The van der Waals surface area contributed by atoms with Gasteiger partial charge in [-0.05, 0) is 80.9 Å². The van der Waals surface area contributed by atoms with Crippen LogP contribution in [0.25, 0.3) is 0 Å². The standard InChI is InChI=1S/C28H27ClN4O3/c1-4-36-24-15-13-23(14-16-24)30-27(34)20-9-11-22(12-10-20)31-28(35)26-18(2)32-33(19(26)3)17-21-7-5-6-8-25(21)29/h5-16H,4,17H2,1-3H3,(H,30,34)(H,31,35). The molecule has 0 aliphatic heterocycles. The number of ether oxygens (including phenoxy) is 1. The Morgan fingerprint density at radius 1 is 0.889 bits per heavy atom. The summed E-state index contributed by atoms with van der Waals surface area (Å²) in [5.74, 6) is 0.238. The van der Waals surface area contributed by atoms with Crippen molar-refractivity contribution < 1.29 is 14.3 Å². The van der Waals surface area contributed by atoms with Crippen molar-refractivity contribution in [1.82, 2.24) is 9.78 Å². The van der Waals surface area contributed by atoms with Gasteiger partial charge in [0.05, 0.1) is 24.4 Å². The molecule has 1 aromatic heterocycles. The van der Waals surface area contributed by atoms with Gasteiger partial charge in [0.1, 0.15) is 5.75 Å². The van der Waals surface area contributed by atoms with Gasteiger partial charge in [-0.2, -0.15) is 5.10 Å². The maximum absolute atomic E-state index is 13.0. The molecular formula is C28H27ClN4O3. The molecular weight excluding hydrogens is 476 g/mol. The summed E-state index contributed by atoms with van der Waals surface area (Å²) in [4.78, 5) is 25.6. The van der Waals surface area contributed by atoms with Gasteiger partial charge in [0, 0.05) is 27.7 Å². The summed E-state index contributed by atoms with van der Waals surface area (Å²) < 4.78 is 7.19. The Morgan fingerprint density at radius 3 is 2.14 bits per heavy atom. The number of hydrogen-bond acceptors (Lipinski definition) is 4. The highest BCUT2D eigenvalue weighted by molar-refractivity contribution is 6.31. The average Bonchev–Trinajstić information content (AvgIpc) is 3.15. The molecule has 36 heavy (non-hydrogen) atoms. The second-order valence-electron chi connectivity index (χ2n) is 8.24. The molecule has 0 atom stereocenters. The number of carbonyl (C=O) groups is 2. The predicted molar refractivity (Wildman–Crippen MR) is 142 cm³/mol. The first-order valence-corrected chi connectivity index (χ1v) is 12.0. The molecule has 4 rings (SSSR count). The monoisotopic (exact) mass is 502 g/mol. The number of nitrogens with one attached hydrogen (secondary N) is 2. The largest absolute Gasteiger partial charge is 0.494 e. The van der Waals surface area contributed by atoms with Gasteiger partial charge in [-0.3, -0.25) is 14.3 Å². The molecule has 184 valence electrons. The van der Waals surface area contributed by atoms with Crippen molar-refractivity contribution in [2.45, 2.75) is 27.3 Å². The Hall–Kier alpha value is -4.10. The van der Waals surface area contributed by atoms with Crippen LogP contribution in [0.1, 0.15) is 44.6 Å². The third kappa shape index (κ3) is 5.75. The molecule has 4 aromatic rings. The van der Waals surface area contributed by atoms with E-state index in [2.05, 4.69) is 15.7 Å². The van der Waals surface area contributed by atoms with Crippen LogP contribution < -0.4 is 15.4 Å². The predicted octanol–water partition coefficient (Wildman–Crippen LogP) is 6.10. The molecule has 2 N–H and O–H groups in total. The van der Waals surface area contributed by atoms with E-state index < -0.39 is 0 Å². The summed E-state index contributed by atoms with van der Waals surface area (Å²) in [6, 6.07) is 21.5. The fourth-order valence-electron chi connectivity index (χ4n) is 3.87. The zero-order valence-corrected chi connectivity index (χ0v) is 21.1. The third-order valence-electron chi connectivity index (χ3n) is 5.71. The molecule has 0 saturated heterocycles. The number of halogens is 1. The van der Waals surface area contributed by atoms with Crippen LogP contribution in [-0.2, 0) is 6.54 Å². The lowest BCUT2D eigenvalue weighted by Gasteiger charge is -2.09. The van der Waals surface area contributed by atoms with Gasteiger partial charge >= 0.3 is 0 Å². The van der Waals surface area contributed by atoms with Crippen LogP contribution in [0, 0.1) is 13.8 Å². The number of amides is 2. The molecule has 1 heterocycles. The molecule has 0 aliphatic carbocycles. The van der Waals surface area contributed by atoms with Crippen LogP contribution in [0.15, 0.2) is 72.8 Å². The number of anilines is 2. The van der Waals surface area contributed by atoms with Crippen molar-refractivity contribution in [2.75, 3.05) is 17.2 Å². The zero-order valence-electron chi connectivity index (χ0n) is 20.3. The summed E-state index contributed by atoms with van der Waals surface area (Å²) >= 11 is 6.29. The molecule has 0 saturated carbocycles. The summed E-state index contributed by atoms with van der Waals surface area (Å²) in [5, 5.41) is 10.9. The van der Waals surface area contributed by atoms with Crippen molar-refractivity contribution in [3.8, 4) is 5.75 Å². The van der Waals surface area contributed by atoms with E-state index in [1.165, 1.54) is 0 Å². The van der Waals surface area contributed by atoms with E-state index in [4.69, 9.17) is 16.3 Å². The Bertz CT molecular complexity index is 1380. The topological polar surface area (TPSA) is 85.2 Å². The highest BCUT2D eigenvalue weighted by Gasteiger charge is 2.19. The first-order chi connectivity index (χ1) is 17.4. The normalized spacial score (nSPS) is 10.7. The number of carbonyl (C=O) groups excluding carboxylic acids is 2. The Morgan fingerprint density at radius 2 is 1.50 bits per heavy atom. The van der Waals surface area contributed by atoms with Crippen LogP contribution >= 0.6 is 11.6 Å². The van der Waals surface area contributed by atoms with Crippen LogP contribution in [0.2, 0.25) is 5.02 Å². The lowest BCUT2D eigenvalue weighted by molar-refractivity contribution is 0.101. The van der Waals surface area contributed by atoms with Gasteiger partial charge in [-0.25, -0.2) is 0 Å².